The van der Waals surface area contributed by atoms with E-state index in [2.05, 4.69) is 9.88 Å². The minimum Gasteiger partial charge on any atom is -0.340 e. The minimum absolute atomic E-state index is 0.116. The van der Waals surface area contributed by atoms with Gasteiger partial charge in [-0.1, -0.05) is 66.5 Å². The molecule has 5 rings (SSSR count). The number of hydrogen-bond acceptors (Lipinski definition) is 3. The number of benzene rings is 3. The van der Waals surface area contributed by atoms with Crippen LogP contribution in [0.15, 0.2) is 72.3 Å². The summed E-state index contributed by atoms with van der Waals surface area (Å²) in [6.45, 7) is 4.42. The Hall–Kier alpha value is -3.87. The molecule has 1 N–H and O–H groups in total. The summed E-state index contributed by atoms with van der Waals surface area (Å²) in [5, 5.41) is 4.28. The van der Waals surface area contributed by atoms with Crippen LogP contribution >= 0.6 is 23.2 Å². The van der Waals surface area contributed by atoms with Gasteiger partial charge >= 0.3 is 6.03 Å². The van der Waals surface area contributed by atoms with Gasteiger partial charge in [-0.05, 0) is 60.9 Å². The van der Waals surface area contributed by atoms with Crippen molar-refractivity contribution in [2.75, 3.05) is 4.90 Å². The van der Waals surface area contributed by atoms with E-state index in [1.807, 2.05) is 56.3 Å². The molecule has 0 unspecified atom stereocenters. The molecular formula is C29H23Cl2N3O3. The van der Waals surface area contributed by atoms with Crippen molar-refractivity contribution in [2.24, 2.45) is 0 Å². The fourth-order valence-electron chi connectivity index (χ4n) is 4.58. The third-order valence-corrected chi connectivity index (χ3v) is 7.20. The van der Waals surface area contributed by atoms with Crippen LogP contribution in [0.5, 0.6) is 0 Å². The number of para-hydroxylation sites is 1. The first-order valence-corrected chi connectivity index (χ1v) is 12.6. The first kappa shape index (κ1) is 24.8. The maximum Gasteiger partial charge on any atom is 0.335 e. The van der Waals surface area contributed by atoms with Gasteiger partial charge in [-0.2, -0.15) is 0 Å². The lowest BCUT2D eigenvalue weighted by Crippen LogP contribution is -2.54. The molecule has 2 heterocycles. The predicted octanol–water partition coefficient (Wildman–Crippen LogP) is 6.53. The zero-order chi connectivity index (χ0) is 26.3. The average molecular weight is 532 g/mol. The lowest BCUT2D eigenvalue weighted by Gasteiger charge is -2.26. The fraction of sp³-hybridized carbons (Fsp3) is 0.138. The third kappa shape index (κ3) is 4.54. The zero-order valence-electron chi connectivity index (χ0n) is 20.2. The van der Waals surface area contributed by atoms with Crippen molar-refractivity contribution < 1.29 is 14.4 Å². The summed E-state index contributed by atoms with van der Waals surface area (Å²) in [5.74, 6) is -1.40. The molecule has 6 nitrogen and oxygen atoms in total. The van der Waals surface area contributed by atoms with Crippen LogP contribution in [0.25, 0.3) is 17.0 Å². The largest absolute Gasteiger partial charge is 0.340 e. The molecule has 0 aliphatic carbocycles. The van der Waals surface area contributed by atoms with E-state index in [9.17, 15) is 14.4 Å². The van der Waals surface area contributed by atoms with E-state index >= 15 is 0 Å². The number of fused-ring (bicyclic) bond motifs is 1. The van der Waals surface area contributed by atoms with Gasteiger partial charge < -0.3 is 4.57 Å². The summed E-state index contributed by atoms with van der Waals surface area (Å²) in [4.78, 5) is 39.9. The molecule has 0 atom stereocenters. The number of halogens is 2. The van der Waals surface area contributed by atoms with Crippen molar-refractivity contribution >= 4 is 63.7 Å². The number of anilines is 1. The molecule has 0 radical (unpaired) electrons. The van der Waals surface area contributed by atoms with Crippen LogP contribution in [-0.2, 0) is 22.6 Å². The van der Waals surface area contributed by atoms with E-state index in [0.29, 0.717) is 22.3 Å². The van der Waals surface area contributed by atoms with Gasteiger partial charge in [0.1, 0.15) is 5.57 Å². The van der Waals surface area contributed by atoms with Gasteiger partial charge in [0.15, 0.2) is 0 Å². The molecule has 8 heteroatoms. The maximum atomic E-state index is 13.5. The number of nitrogens with zero attached hydrogens (tertiary/aromatic N) is 2. The van der Waals surface area contributed by atoms with Gasteiger partial charge in [0.05, 0.1) is 5.69 Å². The molecule has 1 aliphatic rings. The molecule has 0 bridgehead atoms. The lowest BCUT2D eigenvalue weighted by molar-refractivity contribution is -0.122. The molecule has 4 amide bonds. The van der Waals surface area contributed by atoms with E-state index in [1.54, 1.807) is 30.3 Å². The number of nitrogens with one attached hydrogen (secondary N) is 1. The highest BCUT2D eigenvalue weighted by molar-refractivity contribution is 6.39. The molecule has 1 saturated heterocycles. The van der Waals surface area contributed by atoms with Crippen LogP contribution in [0.2, 0.25) is 10.0 Å². The smallest absolute Gasteiger partial charge is 0.335 e. The Morgan fingerprint density at radius 2 is 1.68 bits per heavy atom. The molecule has 1 aliphatic heterocycles. The van der Waals surface area contributed by atoms with Crippen LogP contribution in [0.4, 0.5) is 10.5 Å². The summed E-state index contributed by atoms with van der Waals surface area (Å²) >= 11 is 12.5. The van der Waals surface area contributed by atoms with E-state index in [-0.39, 0.29) is 5.57 Å². The molecule has 4 aromatic rings. The van der Waals surface area contributed by atoms with Crippen molar-refractivity contribution in [1.82, 2.24) is 9.88 Å². The Morgan fingerprint density at radius 1 is 0.946 bits per heavy atom. The van der Waals surface area contributed by atoms with Crippen LogP contribution in [0, 0.1) is 6.92 Å². The molecule has 1 fully saturated rings. The number of aryl methyl sites for hydroxylation is 1. The van der Waals surface area contributed by atoms with E-state index in [4.69, 9.17) is 23.2 Å². The third-order valence-electron chi connectivity index (χ3n) is 6.62. The highest BCUT2D eigenvalue weighted by atomic mass is 35.5. The van der Waals surface area contributed by atoms with Gasteiger partial charge in [0.2, 0.25) is 0 Å². The van der Waals surface area contributed by atoms with Gasteiger partial charge in [-0.15, -0.1) is 0 Å². The quantitative estimate of drug-likeness (QED) is 0.235. The molecule has 1 aromatic heterocycles. The number of carbonyl (C=O) groups is 3. The molecular weight excluding hydrogens is 509 g/mol. The number of aromatic nitrogens is 1. The number of barbiturate groups is 1. The molecule has 37 heavy (non-hydrogen) atoms. The Morgan fingerprint density at radius 3 is 2.38 bits per heavy atom. The number of imide groups is 2. The van der Waals surface area contributed by atoms with Gasteiger partial charge in [0.25, 0.3) is 11.8 Å². The summed E-state index contributed by atoms with van der Waals surface area (Å²) in [7, 11) is 0. The van der Waals surface area contributed by atoms with Crippen LogP contribution < -0.4 is 10.2 Å². The second-order valence-electron chi connectivity index (χ2n) is 8.82. The van der Waals surface area contributed by atoms with Crippen LogP contribution in [0.1, 0.15) is 29.3 Å². The molecule has 0 spiro atoms. The number of urea groups is 1. The molecule has 3 aromatic carbocycles. The van der Waals surface area contributed by atoms with E-state index in [1.165, 1.54) is 0 Å². The summed E-state index contributed by atoms with van der Waals surface area (Å²) < 4.78 is 2.08. The predicted molar refractivity (Wildman–Crippen MR) is 147 cm³/mol. The van der Waals surface area contributed by atoms with E-state index in [0.717, 1.165) is 44.6 Å². The Labute approximate surface area is 224 Å². The monoisotopic (exact) mass is 531 g/mol. The SMILES string of the molecule is CCc1ccc(N2C(=O)NC(=O)/C(=C/c3c(C)n(Cc4ccc(Cl)cc4Cl)c4ccccc34)C2=O)cc1. The Bertz CT molecular complexity index is 1600. The summed E-state index contributed by atoms with van der Waals surface area (Å²) in [6.07, 6.45) is 2.39. The first-order valence-electron chi connectivity index (χ1n) is 11.8. The van der Waals surface area contributed by atoms with Crippen molar-refractivity contribution in [3.05, 3.63) is 105 Å². The Kier molecular flexibility index (Phi) is 6.63. The van der Waals surface area contributed by atoms with Gasteiger partial charge in [-0.25, -0.2) is 9.69 Å². The van der Waals surface area contributed by atoms with Crippen molar-refractivity contribution in [3.63, 3.8) is 0 Å². The molecule has 186 valence electrons. The van der Waals surface area contributed by atoms with E-state index < -0.39 is 17.8 Å². The average Bonchev–Trinajstić information content (AvgIpc) is 3.14. The highest BCUT2D eigenvalue weighted by Crippen LogP contribution is 2.32. The number of carbonyl (C=O) groups excluding carboxylic acids is 3. The standard InChI is InChI=1S/C29H23Cl2N3O3/c1-3-18-8-12-21(13-9-18)34-28(36)24(27(35)32-29(34)37)15-23-17(2)33(26-7-5-4-6-22(23)26)16-19-10-11-20(30)14-25(19)31/h4-15H,3,16H2,1-2H3,(H,32,35,37)/b24-15-. The van der Waals surface area contributed by atoms with Crippen molar-refractivity contribution in [1.29, 1.82) is 0 Å². The first-order chi connectivity index (χ1) is 17.8. The van der Waals surface area contributed by atoms with Crippen molar-refractivity contribution in [2.45, 2.75) is 26.8 Å². The summed E-state index contributed by atoms with van der Waals surface area (Å²) in [5.41, 5.74) is 4.72. The normalized spacial score (nSPS) is 15.1. The molecule has 0 saturated carbocycles. The number of amides is 4. The van der Waals surface area contributed by atoms with Crippen molar-refractivity contribution in [3.8, 4) is 0 Å². The van der Waals surface area contributed by atoms with Crippen LogP contribution in [0.3, 0.4) is 0 Å². The highest BCUT2D eigenvalue weighted by Gasteiger charge is 2.37. The Balaban J connectivity index is 1.60. The second-order valence-corrected chi connectivity index (χ2v) is 9.66. The number of rotatable bonds is 5. The van der Waals surface area contributed by atoms with Gasteiger partial charge in [-0.3, -0.25) is 14.9 Å². The lowest BCUT2D eigenvalue weighted by atomic mass is 10.0. The fourth-order valence-corrected chi connectivity index (χ4v) is 5.05. The minimum atomic E-state index is -0.770. The topological polar surface area (TPSA) is 71.4 Å². The van der Waals surface area contributed by atoms with Gasteiger partial charge in [0, 0.05) is 38.8 Å². The zero-order valence-corrected chi connectivity index (χ0v) is 21.7. The maximum absolute atomic E-state index is 13.5. The number of hydrogen-bond donors (Lipinski definition) is 1. The second kappa shape index (κ2) is 9.88. The van der Waals surface area contributed by atoms with Crippen LogP contribution in [-0.4, -0.2) is 22.4 Å². The summed E-state index contributed by atoms with van der Waals surface area (Å²) in [6, 6.07) is 19.5.